The van der Waals surface area contributed by atoms with Crippen LogP contribution in [0.2, 0.25) is 0 Å². The molecule has 1 aliphatic heterocycles. The first-order valence-electron chi connectivity index (χ1n) is 10.5. The van der Waals surface area contributed by atoms with Crippen LogP contribution in [0.5, 0.6) is 23.1 Å². The number of rotatable bonds is 6. The quantitative estimate of drug-likeness (QED) is 0.481. The van der Waals surface area contributed by atoms with Gasteiger partial charge in [0.2, 0.25) is 5.88 Å². The molecule has 3 heterocycles. The number of nitrogens with zero attached hydrogens (tertiary/aromatic N) is 3. The fourth-order valence-corrected chi connectivity index (χ4v) is 3.69. The number of aryl methyl sites for hydroxylation is 1. The van der Waals surface area contributed by atoms with Crippen molar-refractivity contribution in [2.45, 2.75) is 13.0 Å². The fraction of sp³-hybridized carbons (Fsp3) is 0.160. The molecular formula is C25H22N4O4. The molecule has 4 aromatic rings. The van der Waals surface area contributed by atoms with E-state index in [0.717, 1.165) is 22.8 Å². The van der Waals surface area contributed by atoms with E-state index in [1.807, 2.05) is 61.7 Å². The van der Waals surface area contributed by atoms with Crippen molar-refractivity contribution in [3.8, 4) is 28.8 Å². The van der Waals surface area contributed by atoms with Crippen molar-refractivity contribution in [2.24, 2.45) is 0 Å². The Kier molecular flexibility index (Phi) is 5.40. The van der Waals surface area contributed by atoms with E-state index in [0.29, 0.717) is 23.9 Å². The van der Waals surface area contributed by atoms with Gasteiger partial charge in [0.1, 0.15) is 35.2 Å². The van der Waals surface area contributed by atoms with E-state index in [1.165, 1.54) is 7.11 Å². The SMILES string of the molecule is COc1nc(C(=O)N[C@@H]2COc3ccc(Oc4ccccc4)cc32)ccc1-n1cnc(C)c1. The van der Waals surface area contributed by atoms with Gasteiger partial charge >= 0.3 is 0 Å². The molecule has 5 rings (SSSR count). The first-order chi connectivity index (χ1) is 16.1. The van der Waals surface area contributed by atoms with Gasteiger partial charge < -0.3 is 24.1 Å². The lowest BCUT2D eigenvalue weighted by Crippen LogP contribution is -2.30. The summed E-state index contributed by atoms with van der Waals surface area (Å²) in [5, 5.41) is 3.00. The van der Waals surface area contributed by atoms with E-state index < -0.39 is 0 Å². The van der Waals surface area contributed by atoms with Crippen LogP contribution in [0, 0.1) is 6.92 Å². The Morgan fingerprint density at radius 1 is 1.12 bits per heavy atom. The molecule has 0 unspecified atom stereocenters. The molecule has 1 aliphatic rings. The van der Waals surface area contributed by atoms with Gasteiger partial charge in [-0.1, -0.05) is 18.2 Å². The Morgan fingerprint density at radius 3 is 2.73 bits per heavy atom. The summed E-state index contributed by atoms with van der Waals surface area (Å²) >= 11 is 0. The van der Waals surface area contributed by atoms with E-state index >= 15 is 0 Å². The lowest BCUT2D eigenvalue weighted by Gasteiger charge is -2.14. The molecule has 8 heteroatoms. The first-order valence-corrected chi connectivity index (χ1v) is 10.5. The number of fused-ring (bicyclic) bond motifs is 1. The molecule has 0 bridgehead atoms. The minimum atomic E-state index is -0.324. The number of nitrogens with one attached hydrogen (secondary N) is 1. The van der Waals surface area contributed by atoms with Gasteiger partial charge in [0, 0.05) is 11.8 Å². The van der Waals surface area contributed by atoms with Crippen LogP contribution in [0.25, 0.3) is 5.69 Å². The Hall–Kier alpha value is -4.33. The van der Waals surface area contributed by atoms with Crippen molar-refractivity contribution in [1.82, 2.24) is 19.9 Å². The number of para-hydroxylation sites is 1. The van der Waals surface area contributed by atoms with E-state index in [4.69, 9.17) is 14.2 Å². The van der Waals surface area contributed by atoms with Gasteiger partial charge in [-0.3, -0.25) is 4.79 Å². The van der Waals surface area contributed by atoms with Crippen molar-refractivity contribution in [3.63, 3.8) is 0 Å². The zero-order chi connectivity index (χ0) is 22.8. The van der Waals surface area contributed by atoms with Crippen LogP contribution in [0.15, 0.2) is 73.2 Å². The summed E-state index contributed by atoms with van der Waals surface area (Å²) in [6, 6.07) is 18.2. The largest absolute Gasteiger partial charge is 0.491 e. The van der Waals surface area contributed by atoms with Crippen LogP contribution in [0.3, 0.4) is 0 Å². The molecule has 0 fully saturated rings. The number of carbonyl (C=O) groups is 1. The Morgan fingerprint density at radius 2 is 1.97 bits per heavy atom. The van der Waals surface area contributed by atoms with Gasteiger partial charge in [-0.2, -0.15) is 0 Å². The lowest BCUT2D eigenvalue weighted by atomic mass is 10.1. The molecule has 0 saturated carbocycles. The molecule has 8 nitrogen and oxygen atoms in total. The highest BCUT2D eigenvalue weighted by molar-refractivity contribution is 5.93. The minimum Gasteiger partial charge on any atom is -0.491 e. The summed E-state index contributed by atoms with van der Waals surface area (Å²) in [6.45, 7) is 2.23. The predicted molar refractivity (Wildman–Crippen MR) is 121 cm³/mol. The van der Waals surface area contributed by atoms with Gasteiger partial charge in [-0.15, -0.1) is 0 Å². The summed E-state index contributed by atoms with van der Waals surface area (Å²) in [5.74, 6) is 2.14. The van der Waals surface area contributed by atoms with Gasteiger partial charge in [0.25, 0.3) is 5.91 Å². The van der Waals surface area contributed by atoms with Crippen LogP contribution in [0.1, 0.15) is 27.8 Å². The lowest BCUT2D eigenvalue weighted by molar-refractivity contribution is 0.0924. The van der Waals surface area contributed by atoms with Gasteiger partial charge in [-0.05, 0) is 49.4 Å². The summed E-state index contributed by atoms with van der Waals surface area (Å²) in [5.41, 5.74) is 2.67. The van der Waals surface area contributed by atoms with Crippen LogP contribution < -0.4 is 19.5 Å². The third-order valence-corrected chi connectivity index (χ3v) is 5.30. The molecule has 0 radical (unpaired) electrons. The van der Waals surface area contributed by atoms with Gasteiger partial charge in [0.15, 0.2) is 0 Å². The predicted octanol–water partition coefficient (Wildman–Crippen LogP) is 4.24. The van der Waals surface area contributed by atoms with Gasteiger partial charge in [-0.25, -0.2) is 9.97 Å². The smallest absolute Gasteiger partial charge is 0.270 e. The molecule has 2 aromatic heterocycles. The molecule has 166 valence electrons. The topological polar surface area (TPSA) is 87.5 Å². The van der Waals surface area contributed by atoms with Gasteiger partial charge in [0.05, 0.1) is 25.2 Å². The second-order valence-corrected chi connectivity index (χ2v) is 7.60. The average Bonchev–Trinajstić information content (AvgIpc) is 3.45. The zero-order valence-corrected chi connectivity index (χ0v) is 18.2. The molecule has 0 spiro atoms. The number of aromatic nitrogens is 3. The third-order valence-electron chi connectivity index (χ3n) is 5.30. The highest BCUT2D eigenvalue weighted by Crippen LogP contribution is 2.36. The summed E-state index contributed by atoms with van der Waals surface area (Å²) in [6.07, 6.45) is 3.54. The molecule has 33 heavy (non-hydrogen) atoms. The highest BCUT2D eigenvalue weighted by Gasteiger charge is 2.27. The average molecular weight is 442 g/mol. The van der Waals surface area contributed by atoms with Crippen molar-refractivity contribution < 1.29 is 19.0 Å². The van der Waals surface area contributed by atoms with E-state index in [9.17, 15) is 4.79 Å². The molecule has 1 N–H and O–H groups in total. The maximum atomic E-state index is 13.0. The summed E-state index contributed by atoms with van der Waals surface area (Å²) in [4.78, 5) is 21.6. The van der Waals surface area contributed by atoms with E-state index in [2.05, 4.69) is 15.3 Å². The number of amides is 1. The standard InChI is InChI=1S/C25H22N4O4/c1-16-13-29(15-26-16)22-10-9-20(28-25(22)31-2)24(30)27-21-14-32-23-11-8-18(12-19(21)23)33-17-6-4-3-5-7-17/h3-13,15,21H,14H2,1-2H3,(H,27,30)/t21-/m1/s1. The number of ether oxygens (including phenoxy) is 3. The van der Waals surface area contributed by atoms with Crippen molar-refractivity contribution in [2.75, 3.05) is 13.7 Å². The second kappa shape index (κ2) is 8.66. The van der Waals surface area contributed by atoms with Crippen LogP contribution in [-0.2, 0) is 0 Å². The second-order valence-electron chi connectivity index (χ2n) is 7.60. The molecule has 0 saturated heterocycles. The van der Waals surface area contributed by atoms with Crippen LogP contribution in [0.4, 0.5) is 0 Å². The van der Waals surface area contributed by atoms with Crippen molar-refractivity contribution in [3.05, 3.63) is 90.1 Å². The summed E-state index contributed by atoms with van der Waals surface area (Å²) in [7, 11) is 1.52. The number of benzene rings is 2. The maximum Gasteiger partial charge on any atom is 0.270 e. The molecule has 1 amide bonds. The first kappa shape index (κ1) is 20.6. The van der Waals surface area contributed by atoms with Crippen molar-refractivity contribution >= 4 is 5.91 Å². The molecular weight excluding hydrogens is 420 g/mol. The normalized spacial score (nSPS) is 14.3. The number of hydrogen-bond donors (Lipinski definition) is 1. The maximum absolute atomic E-state index is 13.0. The minimum absolute atomic E-state index is 0.248. The van der Waals surface area contributed by atoms with Crippen LogP contribution in [-0.4, -0.2) is 34.2 Å². The number of carbonyl (C=O) groups excluding carboxylic acids is 1. The van der Waals surface area contributed by atoms with Crippen LogP contribution >= 0.6 is 0 Å². The number of imidazole rings is 1. The Balaban J connectivity index is 1.34. The zero-order valence-electron chi connectivity index (χ0n) is 18.2. The van der Waals surface area contributed by atoms with E-state index in [-0.39, 0.29) is 17.6 Å². The Labute approximate surface area is 190 Å². The monoisotopic (exact) mass is 442 g/mol. The molecule has 1 atom stereocenters. The highest BCUT2D eigenvalue weighted by atomic mass is 16.5. The summed E-state index contributed by atoms with van der Waals surface area (Å²) < 4.78 is 18.9. The number of hydrogen-bond acceptors (Lipinski definition) is 6. The Bertz CT molecular complexity index is 1300. The number of methoxy groups -OCH3 is 1. The molecule has 0 aliphatic carbocycles. The number of pyridine rings is 1. The third kappa shape index (κ3) is 4.23. The fourth-order valence-electron chi connectivity index (χ4n) is 3.69. The van der Waals surface area contributed by atoms with Crippen molar-refractivity contribution in [1.29, 1.82) is 0 Å². The molecule has 2 aromatic carbocycles. The van der Waals surface area contributed by atoms with E-state index in [1.54, 1.807) is 23.0 Å².